The van der Waals surface area contributed by atoms with Gasteiger partial charge in [0.05, 0.1) is 6.10 Å². The van der Waals surface area contributed by atoms with Crippen molar-refractivity contribution >= 4 is 12.0 Å². The molecule has 0 saturated heterocycles. The van der Waals surface area contributed by atoms with Crippen LogP contribution in [0.4, 0.5) is 8.78 Å². The van der Waals surface area contributed by atoms with Crippen molar-refractivity contribution in [1.29, 1.82) is 0 Å². The smallest absolute Gasteiger partial charge is 0.387 e. The lowest BCUT2D eigenvalue weighted by Gasteiger charge is -2.16. The minimum Gasteiger partial charge on any atom is -0.434 e. The molecule has 2 N–H and O–H groups in total. The van der Waals surface area contributed by atoms with Crippen LogP contribution >= 0.6 is 0 Å². The molecule has 22 heavy (non-hydrogen) atoms. The summed E-state index contributed by atoms with van der Waals surface area (Å²) in [5.41, 5.74) is 0.375. The summed E-state index contributed by atoms with van der Waals surface area (Å²) < 4.78 is 28.9. The summed E-state index contributed by atoms with van der Waals surface area (Å²) in [5, 5.41) is 12.3. The maximum atomic E-state index is 12.3. The van der Waals surface area contributed by atoms with Gasteiger partial charge in [-0.3, -0.25) is 4.79 Å². The van der Waals surface area contributed by atoms with Crippen molar-refractivity contribution in [2.24, 2.45) is 5.92 Å². The molecule has 122 valence electrons. The van der Waals surface area contributed by atoms with E-state index in [4.69, 9.17) is 0 Å². The highest BCUT2D eigenvalue weighted by Crippen LogP contribution is 2.21. The lowest BCUT2D eigenvalue weighted by Crippen LogP contribution is -2.34. The molecule has 4 nitrogen and oxygen atoms in total. The summed E-state index contributed by atoms with van der Waals surface area (Å²) in [7, 11) is 0. The largest absolute Gasteiger partial charge is 0.434 e. The molecule has 6 heteroatoms. The maximum absolute atomic E-state index is 12.3. The summed E-state index contributed by atoms with van der Waals surface area (Å²) in [6, 6.07) is 6.19. The van der Waals surface area contributed by atoms with Crippen LogP contribution in [0.25, 0.3) is 6.08 Å². The molecular weight excluding hydrogens is 292 g/mol. The van der Waals surface area contributed by atoms with Crippen LogP contribution in [0, 0.1) is 5.92 Å². The van der Waals surface area contributed by atoms with Gasteiger partial charge in [0.25, 0.3) is 0 Å². The molecule has 0 aliphatic carbocycles. The van der Waals surface area contributed by atoms with Crippen LogP contribution in [0.1, 0.15) is 25.8 Å². The molecule has 2 atom stereocenters. The Balaban J connectivity index is 2.59. The fourth-order valence-corrected chi connectivity index (χ4v) is 1.72. The number of hydrogen-bond donors (Lipinski definition) is 2. The predicted octanol–water partition coefficient (Wildman–Crippen LogP) is 2.82. The monoisotopic (exact) mass is 313 g/mol. The summed E-state index contributed by atoms with van der Waals surface area (Å²) in [5.74, 6) is -0.320. The Bertz CT molecular complexity index is 506. The van der Waals surface area contributed by atoms with Crippen LogP contribution in [0.3, 0.4) is 0 Å². The average Bonchev–Trinajstić information content (AvgIpc) is 2.50. The van der Waals surface area contributed by atoms with E-state index in [1.165, 1.54) is 18.2 Å². The third-order valence-corrected chi connectivity index (χ3v) is 3.34. The van der Waals surface area contributed by atoms with E-state index in [2.05, 4.69) is 10.1 Å². The minimum absolute atomic E-state index is 0.00110. The van der Waals surface area contributed by atoms with Gasteiger partial charge in [-0.05, 0) is 18.1 Å². The molecule has 0 spiro atoms. The van der Waals surface area contributed by atoms with E-state index in [0.717, 1.165) is 6.42 Å². The molecule has 0 heterocycles. The molecule has 1 aromatic carbocycles. The normalized spacial score (nSPS) is 14.1. The number of benzene rings is 1. The zero-order valence-electron chi connectivity index (χ0n) is 12.6. The quantitative estimate of drug-likeness (QED) is 0.726. The molecule has 0 aliphatic heterocycles. The topological polar surface area (TPSA) is 58.6 Å². The first-order valence-corrected chi connectivity index (χ1v) is 7.11. The third kappa shape index (κ3) is 6.22. The lowest BCUT2D eigenvalue weighted by molar-refractivity contribution is -0.117. The highest BCUT2D eigenvalue weighted by molar-refractivity contribution is 5.92. The summed E-state index contributed by atoms with van der Waals surface area (Å²) in [6.45, 7) is 1.07. The predicted molar refractivity (Wildman–Crippen MR) is 80.6 cm³/mol. The fourth-order valence-electron chi connectivity index (χ4n) is 1.72. The van der Waals surface area contributed by atoms with Gasteiger partial charge < -0.3 is 15.2 Å². The zero-order chi connectivity index (χ0) is 16.5. The second kappa shape index (κ2) is 9.15. The van der Waals surface area contributed by atoms with E-state index in [9.17, 15) is 18.7 Å². The van der Waals surface area contributed by atoms with Crippen LogP contribution in [0.15, 0.2) is 30.3 Å². The molecular formula is C16H21F2NO3. The maximum Gasteiger partial charge on any atom is 0.387 e. The lowest BCUT2D eigenvalue weighted by atomic mass is 10.0. The fraction of sp³-hybridized carbons (Fsp3) is 0.438. The Morgan fingerprint density at radius 1 is 1.41 bits per heavy atom. The van der Waals surface area contributed by atoms with Crippen LogP contribution in [0.2, 0.25) is 0 Å². The number of ether oxygens (including phenoxy) is 1. The second-order valence-corrected chi connectivity index (χ2v) is 4.95. The van der Waals surface area contributed by atoms with Crippen molar-refractivity contribution in [2.75, 3.05) is 6.54 Å². The van der Waals surface area contributed by atoms with E-state index in [-0.39, 0.29) is 18.2 Å². The molecule has 1 aromatic rings. The molecule has 0 aliphatic rings. The summed E-state index contributed by atoms with van der Waals surface area (Å²) >= 11 is 0. The number of nitrogens with one attached hydrogen (secondary N) is 1. The molecule has 0 fully saturated rings. The van der Waals surface area contributed by atoms with Gasteiger partial charge in [0.15, 0.2) is 0 Å². The number of hydrogen-bond acceptors (Lipinski definition) is 3. The zero-order valence-corrected chi connectivity index (χ0v) is 12.6. The number of carbonyl (C=O) groups excluding carboxylic acids is 1. The van der Waals surface area contributed by atoms with Gasteiger partial charge in [-0.25, -0.2) is 0 Å². The molecule has 1 rings (SSSR count). The molecule has 0 aromatic heterocycles. The van der Waals surface area contributed by atoms with E-state index in [1.54, 1.807) is 18.2 Å². The molecule has 0 bridgehead atoms. The van der Waals surface area contributed by atoms with Gasteiger partial charge >= 0.3 is 6.61 Å². The molecule has 2 unspecified atom stereocenters. The number of alkyl halides is 2. The van der Waals surface area contributed by atoms with E-state index >= 15 is 0 Å². The first kappa shape index (κ1) is 18.1. The Morgan fingerprint density at radius 3 is 2.73 bits per heavy atom. The van der Waals surface area contributed by atoms with Gasteiger partial charge in [0.2, 0.25) is 5.91 Å². The van der Waals surface area contributed by atoms with E-state index in [1.807, 2.05) is 13.8 Å². The Kier molecular flexibility index (Phi) is 7.52. The van der Waals surface area contributed by atoms with Crippen molar-refractivity contribution in [3.63, 3.8) is 0 Å². The molecule has 1 amide bonds. The number of rotatable bonds is 8. The minimum atomic E-state index is -2.92. The second-order valence-electron chi connectivity index (χ2n) is 4.95. The van der Waals surface area contributed by atoms with Crippen LogP contribution in [-0.4, -0.2) is 30.3 Å². The average molecular weight is 313 g/mol. The van der Waals surface area contributed by atoms with Gasteiger partial charge in [0.1, 0.15) is 5.75 Å². The van der Waals surface area contributed by atoms with Gasteiger partial charge in [-0.1, -0.05) is 38.5 Å². The standard InChI is InChI=1S/C16H21F2NO3/c1-3-11(2)13(20)10-19-15(21)9-8-12-6-4-5-7-14(12)22-16(17)18/h4-9,11,13,16,20H,3,10H2,1-2H3,(H,19,21)/b9-8+. The molecule has 0 saturated carbocycles. The van der Waals surface area contributed by atoms with E-state index in [0.29, 0.717) is 5.56 Å². The highest BCUT2D eigenvalue weighted by Gasteiger charge is 2.12. The van der Waals surface area contributed by atoms with Crippen molar-refractivity contribution in [3.05, 3.63) is 35.9 Å². The number of aliphatic hydroxyl groups is 1. The third-order valence-electron chi connectivity index (χ3n) is 3.34. The van der Waals surface area contributed by atoms with Crippen molar-refractivity contribution < 1.29 is 23.4 Å². The SMILES string of the molecule is CCC(C)C(O)CNC(=O)/C=C/c1ccccc1OC(F)F. The number of amides is 1. The van der Waals surface area contributed by atoms with Crippen LogP contribution < -0.4 is 10.1 Å². The van der Waals surface area contributed by atoms with Gasteiger partial charge in [-0.15, -0.1) is 0 Å². The number of carbonyl (C=O) groups is 1. The Hall–Kier alpha value is -1.95. The van der Waals surface area contributed by atoms with Crippen LogP contribution in [0.5, 0.6) is 5.75 Å². The molecule has 0 radical (unpaired) electrons. The Morgan fingerprint density at radius 2 is 2.09 bits per heavy atom. The first-order chi connectivity index (χ1) is 10.4. The number of halogens is 2. The number of aliphatic hydroxyl groups excluding tert-OH is 1. The summed E-state index contributed by atoms with van der Waals surface area (Å²) in [6.07, 6.45) is 2.81. The van der Waals surface area contributed by atoms with Crippen molar-refractivity contribution in [3.8, 4) is 5.75 Å². The van der Waals surface area contributed by atoms with Gasteiger partial charge in [-0.2, -0.15) is 8.78 Å². The van der Waals surface area contributed by atoms with Crippen molar-refractivity contribution in [1.82, 2.24) is 5.32 Å². The van der Waals surface area contributed by atoms with Crippen molar-refractivity contribution in [2.45, 2.75) is 33.0 Å². The highest BCUT2D eigenvalue weighted by atomic mass is 19.3. The van der Waals surface area contributed by atoms with Gasteiger partial charge in [0, 0.05) is 18.2 Å². The van der Waals surface area contributed by atoms with Crippen LogP contribution in [-0.2, 0) is 4.79 Å². The van der Waals surface area contributed by atoms with E-state index < -0.39 is 18.6 Å². The number of para-hydroxylation sites is 1. The Labute approximate surface area is 128 Å². The first-order valence-electron chi connectivity index (χ1n) is 7.11. The summed E-state index contributed by atoms with van der Waals surface area (Å²) in [4.78, 5) is 11.7.